The monoisotopic (exact) mass is 492 g/mol. The number of fused-ring (bicyclic) bond motifs is 4. The van der Waals surface area contributed by atoms with Crippen LogP contribution in [-0.2, 0) is 39.8 Å². The van der Waals surface area contributed by atoms with E-state index in [9.17, 15) is 9.59 Å². The molecule has 35 heavy (non-hydrogen) atoms. The summed E-state index contributed by atoms with van der Waals surface area (Å²) in [6.45, 7) is 6.83. The molecule has 190 valence electrons. The van der Waals surface area contributed by atoms with Crippen molar-refractivity contribution in [2.75, 3.05) is 13.7 Å². The molecule has 3 fully saturated rings. The number of carbonyl (C=O) groups is 1. The number of hydrogen-bond donors (Lipinski definition) is 0. The first-order valence-corrected chi connectivity index (χ1v) is 11.3. The molecule has 0 spiro atoms. The van der Waals surface area contributed by atoms with Gasteiger partial charge in [-0.3, -0.25) is 0 Å². The molecular weight excluding hydrogens is 464 g/mol. The van der Waals surface area contributed by atoms with Crippen molar-refractivity contribution >= 4 is 17.1 Å². The molecule has 11 heteroatoms. The Morgan fingerprint density at radius 3 is 2.43 bits per heavy atom. The molecule has 0 N–H and O–H groups in total. The van der Waals surface area contributed by atoms with Crippen molar-refractivity contribution in [2.45, 2.75) is 76.6 Å². The van der Waals surface area contributed by atoms with E-state index in [1.807, 2.05) is 0 Å². The van der Waals surface area contributed by atoms with Crippen LogP contribution in [0.2, 0.25) is 0 Å². The Kier molecular flexibility index (Phi) is 6.01. The van der Waals surface area contributed by atoms with E-state index in [2.05, 4.69) is 0 Å². The second kappa shape index (κ2) is 8.75. The Hall–Kier alpha value is -2.70. The van der Waals surface area contributed by atoms with Gasteiger partial charge in [-0.25, -0.2) is 9.59 Å². The van der Waals surface area contributed by atoms with Gasteiger partial charge in [-0.15, -0.1) is 0 Å². The zero-order valence-corrected chi connectivity index (χ0v) is 20.1. The first-order chi connectivity index (χ1) is 16.5. The van der Waals surface area contributed by atoms with Crippen molar-refractivity contribution in [1.82, 2.24) is 0 Å². The molecule has 0 aliphatic carbocycles. The minimum Gasteiger partial charge on any atom is -0.497 e. The average Bonchev–Trinajstić information content (AvgIpc) is 3.28. The first kappa shape index (κ1) is 24.0. The van der Waals surface area contributed by atoms with Crippen molar-refractivity contribution < 1.29 is 47.1 Å². The fourth-order valence-electron chi connectivity index (χ4n) is 4.61. The summed E-state index contributed by atoms with van der Waals surface area (Å²) in [5, 5.41) is 0.613. The highest BCUT2D eigenvalue weighted by Gasteiger charge is 2.60. The SMILES string of the molecule is COc1ccc2c(COC(=O)OC[C@H]3O[C@@H]4OC(C)(C)O[C@@H]4[C@H]4OC(C)(C)O[C@H]43)cc(=O)oc2c1. The lowest BCUT2D eigenvalue weighted by Gasteiger charge is -2.36. The zero-order valence-electron chi connectivity index (χ0n) is 20.1. The first-order valence-electron chi connectivity index (χ1n) is 11.3. The fraction of sp³-hybridized carbons (Fsp3) is 0.583. The summed E-state index contributed by atoms with van der Waals surface area (Å²) in [7, 11) is 1.51. The molecule has 5 rings (SSSR count). The van der Waals surface area contributed by atoms with Crippen LogP contribution in [0, 0.1) is 0 Å². The van der Waals surface area contributed by atoms with Crippen molar-refractivity contribution in [1.29, 1.82) is 0 Å². The predicted molar refractivity (Wildman–Crippen MR) is 118 cm³/mol. The topological polar surface area (TPSA) is 121 Å². The average molecular weight is 492 g/mol. The summed E-state index contributed by atoms with van der Waals surface area (Å²) >= 11 is 0. The molecule has 4 heterocycles. The summed E-state index contributed by atoms with van der Waals surface area (Å²) < 4.78 is 50.8. The number of hydrogen-bond acceptors (Lipinski definition) is 11. The van der Waals surface area contributed by atoms with Crippen LogP contribution in [0.3, 0.4) is 0 Å². The van der Waals surface area contributed by atoms with Crippen molar-refractivity contribution in [3.63, 3.8) is 0 Å². The number of rotatable bonds is 5. The zero-order chi connectivity index (χ0) is 25.0. The largest absolute Gasteiger partial charge is 0.508 e. The highest BCUT2D eigenvalue weighted by atomic mass is 16.9. The summed E-state index contributed by atoms with van der Waals surface area (Å²) in [5.41, 5.74) is 0.222. The van der Waals surface area contributed by atoms with Crippen LogP contribution in [0.5, 0.6) is 5.75 Å². The number of carbonyl (C=O) groups excluding carboxylic acids is 1. The summed E-state index contributed by atoms with van der Waals surface area (Å²) in [6, 6.07) is 6.29. The summed E-state index contributed by atoms with van der Waals surface area (Å²) in [4.78, 5) is 24.3. The van der Waals surface area contributed by atoms with Crippen molar-refractivity contribution in [2.24, 2.45) is 0 Å². The lowest BCUT2D eigenvalue weighted by molar-refractivity contribution is -0.240. The van der Waals surface area contributed by atoms with Gasteiger partial charge in [-0.1, -0.05) is 0 Å². The van der Waals surface area contributed by atoms with Gasteiger partial charge in [-0.2, -0.15) is 0 Å². The Bertz CT molecular complexity index is 1170. The van der Waals surface area contributed by atoms with E-state index in [0.717, 1.165) is 0 Å². The van der Waals surface area contributed by atoms with E-state index in [4.69, 9.17) is 42.3 Å². The molecule has 0 unspecified atom stereocenters. The van der Waals surface area contributed by atoms with Gasteiger partial charge >= 0.3 is 11.8 Å². The van der Waals surface area contributed by atoms with Gasteiger partial charge in [0.15, 0.2) is 17.9 Å². The lowest BCUT2D eigenvalue weighted by atomic mass is 9.99. The van der Waals surface area contributed by atoms with Gasteiger partial charge in [0.1, 0.15) is 49.0 Å². The smallest absolute Gasteiger partial charge is 0.497 e. The molecular formula is C24H28O11. The third-order valence-corrected chi connectivity index (χ3v) is 6.00. The molecule has 1 aromatic carbocycles. The minimum atomic E-state index is -0.927. The highest BCUT2D eigenvalue weighted by Crippen LogP contribution is 2.44. The lowest BCUT2D eigenvalue weighted by Crippen LogP contribution is -2.56. The van der Waals surface area contributed by atoms with Gasteiger partial charge < -0.3 is 42.3 Å². The van der Waals surface area contributed by atoms with E-state index < -0.39 is 54.1 Å². The maximum absolute atomic E-state index is 12.4. The second-order valence-corrected chi connectivity index (χ2v) is 9.51. The normalized spacial score (nSPS) is 30.5. The Labute approximate surface area is 201 Å². The highest BCUT2D eigenvalue weighted by molar-refractivity contribution is 5.81. The fourth-order valence-corrected chi connectivity index (χ4v) is 4.61. The molecule has 0 radical (unpaired) electrons. The molecule has 1 aromatic heterocycles. The molecule has 2 aromatic rings. The van der Waals surface area contributed by atoms with Crippen LogP contribution >= 0.6 is 0 Å². The number of benzene rings is 1. The van der Waals surface area contributed by atoms with Gasteiger partial charge in [0.05, 0.1) is 7.11 Å². The maximum atomic E-state index is 12.4. The summed E-state index contributed by atoms with van der Waals surface area (Å²) in [5.74, 6) is -1.17. The van der Waals surface area contributed by atoms with Crippen LogP contribution in [0.4, 0.5) is 4.79 Å². The van der Waals surface area contributed by atoms with E-state index >= 15 is 0 Å². The minimum absolute atomic E-state index is 0.151. The molecule has 3 aliphatic rings. The van der Waals surface area contributed by atoms with Gasteiger partial charge in [-0.05, 0) is 39.8 Å². The Morgan fingerprint density at radius 2 is 1.66 bits per heavy atom. The number of ether oxygens (including phenoxy) is 8. The summed E-state index contributed by atoms with van der Waals surface area (Å²) in [6.07, 6.45) is -3.75. The third-order valence-electron chi connectivity index (χ3n) is 6.00. The molecule has 0 bridgehead atoms. The quantitative estimate of drug-likeness (QED) is 0.452. The van der Waals surface area contributed by atoms with Crippen LogP contribution in [0.1, 0.15) is 33.3 Å². The van der Waals surface area contributed by atoms with E-state index in [1.54, 1.807) is 45.9 Å². The third kappa shape index (κ3) is 4.87. The van der Waals surface area contributed by atoms with Gasteiger partial charge in [0.25, 0.3) is 0 Å². The maximum Gasteiger partial charge on any atom is 0.508 e. The second-order valence-electron chi connectivity index (χ2n) is 9.51. The van der Waals surface area contributed by atoms with Gasteiger partial charge in [0.2, 0.25) is 0 Å². The van der Waals surface area contributed by atoms with Crippen LogP contribution in [0.25, 0.3) is 11.0 Å². The van der Waals surface area contributed by atoms with Crippen molar-refractivity contribution in [3.8, 4) is 5.75 Å². The number of methoxy groups -OCH3 is 1. The molecule has 5 atom stereocenters. The molecule has 0 amide bonds. The predicted octanol–water partition coefficient (Wildman–Crippen LogP) is 2.85. The van der Waals surface area contributed by atoms with E-state index in [-0.39, 0.29) is 13.2 Å². The molecule has 3 saturated heterocycles. The van der Waals surface area contributed by atoms with Crippen LogP contribution in [0.15, 0.2) is 33.5 Å². The molecule has 0 saturated carbocycles. The molecule has 11 nitrogen and oxygen atoms in total. The van der Waals surface area contributed by atoms with Gasteiger partial charge in [0, 0.05) is 23.1 Å². The van der Waals surface area contributed by atoms with E-state index in [1.165, 1.54) is 13.2 Å². The van der Waals surface area contributed by atoms with Crippen LogP contribution < -0.4 is 10.4 Å². The van der Waals surface area contributed by atoms with E-state index in [0.29, 0.717) is 22.3 Å². The van der Waals surface area contributed by atoms with Crippen molar-refractivity contribution in [3.05, 3.63) is 40.2 Å². The Morgan fingerprint density at radius 1 is 0.943 bits per heavy atom. The standard InChI is InChI=1S/C24H28O11/c1-23(2)32-18-16(31-21-20(19(18)33-23)34-24(3,4)35-21)11-29-22(26)28-10-12-8-17(25)30-15-9-13(27-5)6-7-14(12)15/h6-9,16,18-21H,10-11H2,1-5H3/t16-,18+,19+,20-,21-/m1/s1. The Balaban J connectivity index is 1.23. The molecule has 3 aliphatic heterocycles. The van der Waals surface area contributed by atoms with Crippen LogP contribution in [-0.4, -0.2) is 62.2 Å².